The lowest BCUT2D eigenvalue weighted by Crippen LogP contribution is -1.94. The second-order valence-corrected chi connectivity index (χ2v) is 1.56. The SMILES string of the molecule is [N-]=[N+]=NC[C@H](Cl)N=[N+]=[N-]. The van der Waals surface area contributed by atoms with Gasteiger partial charge < -0.3 is 0 Å². The molecule has 0 saturated carbocycles. The van der Waals surface area contributed by atoms with Crippen molar-refractivity contribution in [2.24, 2.45) is 10.2 Å². The third-order valence-electron chi connectivity index (χ3n) is 0.472. The van der Waals surface area contributed by atoms with Crippen LogP contribution in [0.1, 0.15) is 0 Å². The standard InChI is InChI=1S/C2H3ClN6/c3-2(7-9-5)1-6-8-4/h2H,1H2/t2-/m1/s1. The molecule has 0 rings (SSSR count). The lowest BCUT2D eigenvalue weighted by Gasteiger charge is -1.89. The first-order valence-corrected chi connectivity index (χ1v) is 2.44. The highest BCUT2D eigenvalue weighted by atomic mass is 35.5. The van der Waals surface area contributed by atoms with Crippen LogP contribution >= 0.6 is 11.6 Å². The van der Waals surface area contributed by atoms with Gasteiger partial charge in [-0.05, 0) is 11.1 Å². The van der Waals surface area contributed by atoms with Crippen LogP contribution in [0.5, 0.6) is 0 Å². The third-order valence-corrected chi connectivity index (χ3v) is 0.698. The summed E-state index contributed by atoms with van der Waals surface area (Å²) >= 11 is 5.27. The topological polar surface area (TPSA) is 97.5 Å². The maximum atomic E-state index is 7.78. The van der Waals surface area contributed by atoms with Gasteiger partial charge in [0, 0.05) is 16.4 Å². The Bertz CT molecular complexity index is 164. The van der Waals surface area contributed by atoms with E-state index in [0.29, 0.717) is 0 Å². The van der Waals surface area contributed by atoms with E-state index in [1.807, 2.05) is 0 Å². The van der Waals surface area contributed by atoms with Crippen molar-refractivity contribution >= 4 is 11.6 Å². The van der Waals surface area contributed by atoms with Gasteiger partial charge in [-0.15, -0.1) is 11.6 Å². The Morgan fingerprint density at radius 1 is 1.44 bits per heavy atom. The van der Waals surface area contributed by atoms with E-state index in [1.54, 1.807) is 0 Å². The molecule has 0 aromatic rings. The molecule has 0 radical (unpaired) electrons. The van der Waals surface area contributed by atoms with Crippen molar-refractivity contribution in [1.29, 1.82) is 0 Å². The molecule has 0 saturated heterocycles. The Kier molecular flexibility index (Phi) is 4.44. The van der Waals surface area contributed by atoms with Gasteiger partial charge in [0.15, 0.2) is 0 Å². The van der Waals surface area contributed by atoms with Crippen LogP contribution in [0, 0.1) is 0 Å². The van der Waals surface area contributed by atoms with Gasteiger partial charge in [0.1, 0.15) is 5.50 Å². The van der Waals surface area contributed by atoms with Crippen LogP contribution in [-0.4, -0.2) is 12.0 Å². The minimum absolute atomic E-state index is 0.0118. The van der Waals surface area contributed by atoms with Crippen LogP contribution in [-0.2, 0) is 0 Å². The van der Waals surface area contributed by atoms with Crippen LogP contribution in [0.3, 0.4) is 0 Å². The summed E-state index contributed by atoms with van der Waals surface area (Å²) < 4.78 is 0. The predicted molar refractivity (Wildman–Crippen MR) is 32.8 cm³/mol. The Morgan fingerprint density at radius 2 is 2.11 bits per heavy atom. The number of alkyl halides is 1. The molecule has 6 nitrogen and oxygen atoms in total. The Hall–Kier alpha value is -1.09. The van der Waals surface area contributed by atoms with Crippen LogP contribution in [0.25, 0.3) is 20.9 Å². The highest BCUT2D eigenvalue weighted by Crippen LogP contribution is 1.97. The van der Waals surface area contributed by atoms with Gasteiger partial charge in [0.25, 0.3) is 0 Å². The maximum absolute atomic E-state index is 7.78. The van der Waals surface area contributed by atoms with E-state index in [4.69, 9.17) is 22.7 Å². The third kappa shape index (κ3) is 4.77. The average molecular weight is 147 g/mol. The molecule has 9 heavy (non-hydrogen) atoms. The normalized spacial score (nSPS) is 10.8. The first-order chi connectivity index (χ1) is 4.31. The molecule has 0 spiro atoms. The highest BCUT2D eigenvalue weighted by molar-refractivity contribution is 6.20. The van der Waals surface area contributed by atoms with Gasteiger partial charge in [-0.25, -0.2) is 0 Å². The molecule has 0 amide bonds. The minimum Gasteiger partial charge on any atom is -0.117 e. The van der Waals surface area contributed by atoms with E-state index in [0.717, 1.165) is 0 Å². The number of rotatable bonds is 3. The molecule has 0 aliphatic carbocycles. The first kappa shape index (κ1) is 7.91. The fourth-order valence-electron chi connectivity index (χ4n) is 0.196. The van der Waals surface area contributed by atoms with Crippen molar-refractivity contribution in [3.05, 3.63) is 20.9 Å². The molecular weight excluding hydrogens is 144 g/mol. The highest BCUT2D eigenvalue weighted by Gasteiger charge is 1.95. The Morgan fingerprint density at radius 3 is 2.56 bits per heavy atom. The molecule has 48 valence electrons. The molecule has 0 aliphatic heterocycles. The molecule has 0 heterocycles. The van der Waals surface area contributed by atoms with Crippen molar-refractivity contribution < 1.29 is 0 Å². The Balaban J connectivity index is 3.62. The summed E-state index contributed by atoms with van der Waals surface area (Å²) in [5, 5.41) is 6.12. The summed E-state index contributed by atoms with van der Waals surface area (Å²) in [5.74, 6) is 0. The second-order valence-electron chi connectivity index (χ2n) is 1.05. The number of hydrogen-bond acceptors (Lipinski definition) is 2. The van der Waals surface area contributed by atoms with Crippen molar-refractivity contribution in [2.75, 3.05) is 6.54 Å². The van der Waals surface area contributed by atoms with Gasteiger partial charge in [-0.1, -0.05) is 10.2 Å². The maximum Gasteiger partial charge on any atom is 0.118 e. The smallest absolute Gasteiger partial charge is 0.117 e. The van der Waals surface area contributed by atoms with Crippen molar-refractivity contribution in [3.63, 3.8) is 0 Å². The predicted octanol–water partition coefficient (Wildman–Crippen LogP) is 2.17. The summed E-state index contributed by atoms with van der Waals surface area (Å²) in [6.45, 7) is -0.0118. The molecule has 0 aromatic carbocycles. The van der Waals surface area contributed by atoms with Crippen LogP contribution in [0.4, 0.5) is 0 Å². The molecule has 0 unspecified atom stereocenters. The molecule has 7 heteroatoms. The van der Waals surface area contributed by atoms with Gasteiger partial charge in [-0.3, -0.25) is 0 Å². The largest absolute Gasteiger partial charge is 0.118 e. The summed E-state index contributed by atoms with van der Waals surface area (Å²) in [7, 11) is 0. The summed E-state index contributed by atoms with van der Waals surface area (Å²) in [6.07, 6.45) is 0. The zero-order valence-electron chi connectivity index (χ0n) is 4.35. The van der Waals surface area contributed by atoms with E-state index in [2.05, 4.69) is 20.1 Å². The van der Waals surface area contributed by atoms with Crippen LogP contribution in [0.15, 0.2) is 10.2 Å². The van der Waals surface area contributed by atoms with Gasteiger partial charge in [0.05, 0.1) is 0 Å². The Labute approximate surface area is 55.7 Å². The quantitative estimate of drug-likeness (QED) is 0.192. The van der Waals surface area contributed by atoms with Crippen molar-refractivity contribution in [1.82, 2.24) is 0 Å². The average Bonchev–Trinajstić information content (AvgIpc) is 1.85. The van der Waals surface area contributed by atoms with Crippen molar-refractivity contribution in [3.8, 4) is 0 Å². The molecular formula is C2H3ClN6. The number of nitrogens with zero attached hydrogens (tertiary/aromatic N) is 6. The summed E-state index contributed by atoms with van der Waals surface area (Å²) in [5.41, 5.74) is 14.8. The molecule has 0 aromatic heterocycles. The molecule has 0 N–H and O–H groups in total. The number of halogens is 1. The van der Waals surface area contributed by atoms with E-state index >= 15 is 0 Å². The zero-order chi connectivity index (χ0) is 7.11. The summed E-state index contributed by atoms with van der Waals surface area (Å²) in [6, 6.07) is 0. The van der Waals surface area contributed by atoms with Crippen molar-refractivity contribution in [2.45, 2.75) is 5.50 Å². The summed E-state index contributed by atoms with van der Waals surface area (Å²) in [4.78, 5) is 4.81. The van der Waals surface area contributed by atoms with E-state index in [1.165, 1.54) is 0 Å². The molecule has 0 aliphatic rings. The van der Waals surface area contributed by atoms with Crippen LogP contribution in [0.2, 0.25) is 0 Å². The van der Waals surface area contributed by atoms with E-state index in [9.17, 15) is 0 Å². The lowest BCUT2D eigenvalue weighted by molar-refractivity contribution is 0.882. The fraction of sp³-hybridized carbons (Fsp3) is 1.00. The molecule has 0 fully saturated rings. The fourth-order valence-corrected chi connectivity index (χ4v) is 0.297. The second kappa shape index (κ2) is 5.05. The molecule has 0 bridgehead atoms. The van der Waals surface area contributed by atoms with E-state index in [-0.39, 0.29) is 6.54 Å². The van der Waals surface area contributed by atoms with Gasteiger partial charge >= 0.3 is 0 Å². The van der Waals surface area contributed by atoms with Crippen LogP contribution < -0.4 is 0 Å². The van der Waals surface area contributed by atoms with Gasteiger partial charge in [-0.2, -0.15) is 0 Å². The first-order valence-electron chi connectivity index (χ1n) is 2.00. The monoisotopic (exact) mass is 146 g/mol. The van der Waals surface area contributed by atoms with Gasteiger partial charge in [0.2, 0.25) is 0 Å². The number of hydrogen-bond donors (Lipinski definition) is 0. The molecule has 1 atom stereocenters. The number of azide groups is 2. The lowest BCUT2D eigenvalue weighted by atomic mass is 10.7. The van der Waals surface area contributed by atoms with E-state index < -0.39 is 5.50 Å². The minimum atomic E-state index is -0.772. The zero-order valence-corrected chi connectivity index (χ0v) is 5.10.